The monoisotopic (exact) mass is 427 g/mol. The van der Waals surface area contributed by atoms with Crippen molar-refractivity contribution in [3.8, 4) is 11.5 Å². The minimum atomic E-state index is -0.833. The molecule has 0 heterocycles. The van der Waals surface area contributed by atoms with Crippen LogP contribution in [0.2, 0.25) is 0 Å². The van der Waals surface area contributed by atoms with Gasteiger partial charge in [-0.15, -0.1) is 0 Å². The summed E-state index contributed by atoms with van der Waals surface area (Å²) in [5, 5.41) is 16.8. The van der Waals surface area contributed by atoms with Crippen molar-refractivity contribution in [1.29, 1.82) is 0 Å². The summed E-state index contributed by atoms with van der Waals surface area (Å²) in [6.07, 6.45) is 0.921. The number of carbonyl (C=O) groups is 2. The van der Waals surface area contributed by atoms with Crippen molar-refractivity contribution in [2.45, 2.75) is 10.4 Å². The Morgan fingerprint density at radius 1 is 1.53 bits per heavy atom. The first-order valence-corrected chi connectivity index (χ1v) is 7.94. The number of hydrogen-bond acceptors (Lipinski definition) is 4. The number of aromatic hydroxyl groups is 1. The van der Waals surface area contributed by atoms with Crippen LogP contribution in [0, 0.1) is 0 Å². The number of carboxylic acid groups (broad SMARTS) is 1. The molecular formula is C11H13HgO5. The number of aldehydes is 1. The van der Waals surface area contributed by atoms with Crippen LogP contribution in [0.3, 0.4) is 0 Å². The van der Waals surface area contributed by atoms with Crippen LogP contribution < -0.4 is 4.74 Å². The zero-order valence-electron chi connectivity index (χ0n) is 9.71. The molecule has 0 spiro atoms. The fraction of sp³-hybridized carbons (Fsp3) is 0.273. The maximum atomic E-state index is 10.5. The first kappa shape index (κ1) is 15.9. The first-order chi connectivity index (χ1) is 7.92. The van der Waals surface area contributed by atoms with Gasteiger partial charge in [-0.3, -0.25) is 4.79 Å². The second-order valence-corrected chi connectivity index (χ2v) is 6.61. The van der Waals surface area contributed by atoms with Gasteiger partial charge in [0, 0.05) is 6.92 Å². The molecule has 89 valence electrons. The van der Waals surface area contributed by atoms with E-state index in [1.807, 2.05) is 6.07 Å². The Labute approximate surface area is 115 Å². The molecule has 1 aromatic rings. The summed E-state index contributed by atoms with van der Waals surface area (Å²) in [7, 11) is 1.50. The van der Waals surface area contributed by atoms with E-state index in [9.17, 15) is 9.90 Å². The molecule has 6 heteroatoms. The predicted octanol–water partition coefficient (Wildman–Crippen LogP) is 1.28. The van der Waals surface area contributed by atoms with E-state index in [2.05, 4.69) is 0 Å². The minimum absolute atomic E-state index is 0.00296. The zero-order valence-corrected chi connectivity index (χ0v) is 15.2. The van der Waals surface area contributed by atoms with E-state index in [0.29, 0.717) is 31.9 Å². The third kappa shape index (κ3) is 6.26. The third-order valence-electron chi connectivity index (χ3n) is 1.80. The standard InChI is InChI=1S/C9H9O3.C2H4O2.Hg/c1-12-9-3-2-7(4-5-10)6-8(9)11;1-2(3)4;/h2-6,11H,1H3;1H3,(H,3,4);. The topological polar surface area (TPSA) is 83.8 Å². The molecular weight excluding hydrogens is 413 g/mol. The van der Waals surface area contributed by atoms with E-state index in [1.54, 1.807) is 12.1 Å². The number of phenolic OH excluding ortho intramolecular Hbond substituents is 1. The van der Waals surface area contributed by atoms with Gasteiger partial charge in [0.25, 0.3) is 5.97 Å². The van der Waals surface area contributed by atoms with Crippen LogP contribution >= 0.6 is 0 Å². The van der Waals surface area contributed by atoms with Crippen molar-refractivity contribution in [2.75, 3.05) is 7.11 Å². The molecule has 0 aromatic heterocycles. The number of benzene rings is 1. The number of phenols is 1. The summed E-state index contributed by atoms with van der Waals surface area (Å²) in [5.74, 6) is -0.299. The molecule has 1 rings (SSSR count). The third-order valence-corrected chi connectivity index (χ3v) is 4.38. The van der Waals surface area contributed by atoms with Crippen LogP contribution in [0.4, 0.5) is 0 Å². The molecule has 17 heavy (non-hydrogen) atoms. The van der Waals surface area contributed by atoms with E-state index >= 15 is 0 Å². The van der Waals surface area contributed by atoms with E-state index in [1.165, 1.54) is 7.11 Å². The number of ether oxygens (including phenoxy) is 1. The van der Waals surface area contributed by atoms with Gasteiger partial charge in [-0.1, -0.05) is 0 Å². The van der Waals surface area contributed by atoms with Gasteiger partial charge < -0.3 is 5.11 Å². The number of carboxylic acids is 1. The van der Waals surface area contributed by atoms with Crippen LogP contribution in [0.25, 0.3) is 0 Å². The summed E-state index contributed by atoms with van der Waals surface area (Å²) < 4.78 is 4.89. The molecule has 1 atom stereocenters. The Hall–Kier alpha value is -1.10. The molecule has 0 saturated heterocycles. The molecule has 0 aliphatic heterocycles. The number of methoxy groups -OCH3 is 1. The average Bonchev–Trinajstić information content (AvgIpc) is 2.27. The fourth-order valence-electron chi connectivity index (χ4n) is 1.02. The zero-order chi connectivity index (χ0) is 13.4. The number of aliphatic carboxylic acids is 1. The molecule has 2 N–H and O–H groups in total. The normalized spacial score (nSPS) is 10.8. The van der Waals surface area contributed by atoms with Crippen LogP contribution in [-0.4, -0.2) is 29.6 Å². The summed E-state index contributed by atoms with van der Waals surface area (Å²) in [4.78, 5) is 19.5. The summed E-state index contributed by atoms with van der Waals surface area (Å²) in [6.45, 7) is 1.08. The molecule has 0 aliphatic carbocycles. The Balaban J connectivity index is 0.000000557. The van der Waals surface area contributed by atoms with Crippen molar-refractivity contribution in [3.05, 3.63) is 23.8 Å². The molecule has 0 aliphatic rings. The SMILES string of the molecule is CC(=O)O.COc1ccc([CH]([Hg])C=O)cc1O. The van der Waals surface area contributed by atoms with E-state index < -0.39 is 5.97 Å². The van der Waals surface area contributed by atoms with Gasteiger partial charge in [-0.25, -0.2) is 0 Å². The molecule has 0 saturated carbocycles. The number of carbonyl (C=O) groups excluding carboxylic acids is 1. The molecule has 0 fully saturated rings. The van der Waals surface area contributed by atoms with Crippen molar-refractivity contribution >= 4 is 12.3 Å². The second kappa shape index (κ2) is 8.06. The van der Waals surface area contributed by atoms with Crippen molar-refractivity contribution in [2.24, 2.45) is 0 Å². The quantitative estimate of drug-likeness (QED) is 0.563. The van der Waals surface area contributed by atoms with Gasteiger partial charge in [0.15, 0.2) is 0 Å². The second-order valence-electron chi connectivity index (χ2n) is 3.19. The van der Waals surface area contributed by atoms with Crippen LogP contribution in [0.5, 0.6) is 11.5 Å². The van der Waals surface area contributed by atoms with Crippen LogP contribution in [0.1, 0.15) is 15.9 Å². The van der Waals surface area contributed by atoms with Crippen LogP contribution in [-0.2, 0) is 35.7 Å². The first-order valence-electron chi connectivity index (χ1n) is 4.77. The fourth-order valence-corrected chi connectivity index (χ4v) is 2.00. The molecule has 5 nitrogen and oxygen atoms in total. The number of rotatable bonds is 3. The molecule has 0 amide bonds. The summed E-state index contributed by atoms with van der Waals surface area (Å²) in [5.41, 5.74) is 0.872. The van der Waals surface area contributed by atoms with Gasteiger partial charge >= 0.3 is 92.8 Å². The van der Waals surface area contributed by atoms with Gasteiger partial charge in [0.1, 0.15) is 0 Å². The molecule has 1 unspecified atom stereocenters. The Kier molecular flexibility index (Phi) is 7.53. The predicted molar refractivity (Wildman–Crippen MR) is 56.8 cm³/mol. The Bertz CT molecular complexity index is 387. The summed E-state index contributed by atoms with van der Waals surface area (Å²) >= 11 is 0.348. The van der Waals surface area contributed by atoms with Crippen LogP contribution in [0.15, 0.2) is 18.2 Å². The van der Waals surface area contributed by atoms with Gasteiger partial charge in [-0.2, -0.15) is 0 Å². The molecule has 0 bridgehead atoms. The van der Waals surface area contributed by atoms with Gasteiger partial charge in [0.05, 0.1) is 0 Å². The van der Waals surface area contributed by atoms with E-state index in [0.717, 1.165) is 18.8 Å². The average molecular weight is 426 g/mol. The molecule has 0 radical (unpaired) electrons. The van der Waals surface area contributed by atoms with Gasteiger partial charge in [0.2, 0.25) is 0 Å². The Morgan fingerprint density at radius 2 is 2.06 bits per heavy atom. The molecule has 1 aromatic carbocycles. The summed E-state index contributed by atoms with van der Waals surface area (Å²) in [6, 6.07) is 5.07. The van der Waals surface area contributed by atoms with Crippen molar-refractivity contribution < 1.29 is 50.7 Å². The van der Waals surface area contributed by atoms with E-state index in [4.69, 9.17) is 14.6 Å². The maximum absolute atomic E-state index is 10.5. The number of hydrogen-bond donors (Lipinski definition) is 2. The van der Waals surface area contributed by atoms with E-state index in [-0.39, 0.29) is 9.18 Å². The Morgan fingerprint density at radius 3 is 2.41 bits per heavy atom. The van der Waals surface area contributed by atoms with Crippen molar-refractivity contribution in [1.82, 2.24) is 0 Å². The van der Waals surface area contributed by atoms with Gasteiger partial charge in [-0.05, 0) is 0 Å². The van der Waals surface area contributed by atoms with Crippen molar-refractivity contribution in [3.63, 3.8) is 0 Å².